The molecule has 1 aromatic carbocycles. The number of imide groups is 1. The molecule has 0 bridgehead atoms. The number of urea groups is 1. The van der Waals surface area contributed by atoms with Crippen LogP contribution in [0.15, 0.2) is 23.1 Å². The Balaban J connectivity index is 1.66. The zero-order valence-corrected chi connectivity index (χ0v) is 17.0. The fourth-order valence-electron chi connectivity index (χ4n) is 2.87. The van der Waals surface area contributed by atoms with Crippen molar-refractivity contribution < 1.29 is 19.1 Å². The van der Waals surface area contributed by atoms with Gasteiger partial charge in [0.15, 0.2) is 6.10 Å². The zero-order valence-electron chi connectivity index (χ0n) is 16.2. The molecule has 2 rings (SSSR count). The van der Waals surface area contributed by atoms with E-state index < -0.39 is 24.0 Å². The number of rotatable bonds is 7. The standard InChI is InChI=1S/C20H28N2O4S/c1-13-8-9-17(12-14(13)2)27-11-10-18(23)26-15(3)19(24)22-20(25)21-16-6-4-5-7-16/h8-9,12,15-16H,4-7,10-11H2,1-3H3,(H2,21,22,24,25)/t15-/m1/s1. The van der Waals surface area contributed by atoms with Gasteiger partial charge in [-0.25, -0.2) is 4.79 Å². The summed E-state index contributed by atoms with van der Waals surface area (Å²) in [5, 5.41) is 5.00. The second-order valence-corrected chi connectivity index (χ2v) is 8.09. The number of hydrogen-bond donors (Lipinski definition) is 2. The predicted octanol–water partition coefficient (Wildman–Crippen LogP) is 3.49. The first-order valence-corrected chi connectivity index (χ1v) is 10.3. The summed E-state index contributed by atoms with van der Waals surface area (Å²) >= 11 is 1.57. The summed E-state index contributed by atoms with van der Waals surface area (Å²) in [6.45, 7) is 5.57. The Labute approximate surface area is 164 Å². The van der Waals surface area contributed by atoms with Crippen molar-refractivity contribution in [3.63, 3.8) is 0 Å². The van der Waals surface area contributed by atoms with E-state index in [0.717, 1.165) is 30.6 Å². The van der Waals surface area contributed by atoms with Crippen LogP contribution in [0, 0.1) is 13.8 Å². The highest BCUT2D eigenvalue weighted by Gasteiger charge is 2.22. The van der Waals surface area contributed by atoms with Crippen LogP contribution in [0.1, 0.15) is 50.2 Å². The lowest BCUT2D eigenvalue weighted by Gasteiger charge is -2.15. The lowest BCUT2D eigenvalue weighted by Crippen LogP contribution is -2.47. The van der Waals surface area contributed by atoms with Crippen LogP contribution in [0.4, 0.5) is 4.79 Å². The molecule has 27 heavy (non-hydrogen) atoms. The summed E-state index contributed by atoms with van der Waals surface area (Å²) in [6, 6.07) is 5.76. The number of thioether (sulfide) groups is 1. The third kappa shape index (κ3) is 7.25. The molecule has 1 aliphatic rings. The Bertz CT molecular complexity index is 687. The average Bonchev–Trinajstić information content (AvgIpc) is 3.10. The van der Waals surface area contributed by atoms with Crippen LogP contribution in [0.3, 0.4) is 0 Å². The van der Waals surface area contributed by atoms with Crippen molar-refractivity contribution in [3.05, 3.63) is 29.3 Å². The number of benzene rings is 1. The quantitative estimate of drug-likeness (QED) is 0.548. The van der Waals surface area contributed by atoms with Crippen molar-refractivity contribution in [2.24, 2.45) is 0 Å². The van der Waals surface area contributed by atoms with Crippen molar-refractivity contribution in [2.45, 2.75) is 69.9 Å². The van der Waals surface area contributed by atoms with Crippen LogP contribution >= 0.6 is 11.8 Å². The summed E-state index contributed by atoms with van der Waals surface area (Å²) in [7, 11) is 0. The van der Waals surface area contributed by atoms with Gasteiger partial charge in [-0.1, -0.05) is 18.9 Å². The Morgan fingerprint density at radius 1 is 1.19 bits per heavy atom. The SMILES string of the molecule is Cc1ccc(SCCC(=O)O[C@H](C)C(=O)NC(=O)NC2CCCC2)cc1C. The van der Waals surface area contributed by atoms with Gasteiger partial charge in [-0.3, -0.25) is 14.9 Å². The molecule has 1 saturated carbocycles. The third-order valence-electron chi connectivity index (χ3n) is 4.66. The van der Waals surface area contributed by atoms with E-state index in [4.69, 9.17) is 4.74 Å². The first-order valence-electron chi connectivity index (χ1n) is 9.36. The fraction of sp³-hybridized carbons (Fsp3) is 0.550. The van der Waals surface area contributed by atoms with E-state index in [9.17, 15) is 14.4 Å². The van der Waals surface area contributed by atoms with E-state index in [0.29, 0.717) is 5.75 Å². The number of carbonyl (C=O) groups is 3. The molecule has 0 aliphatic heterocycles. The molecule has 1 aliphatic carbocycles. The smallest absolute Gasteiger partial charge is 0.321 e. The molecule has 0 saturated heterocycles. The molecule has 148 valence electrons. The Morgan fingerprint density at radius 2 is 1.89 bits per heavy atom. The first-order chi connectivity index (χ1) is 12.8. The van der Waals surface area contributed by atoms with E-state index in [-0.39, 0.29) is 12.5 Å². The normalized spacial score (nSPS) is 15.2. The highest BCUT2D eigenvalue weighted by atomic mass is 32.2. The molecular formula is C20H28N2O4S. The van der Waals surface area contributed by atoms with Gasteiger partial charge in [-0.05, 0) is 56.9 Å². The Kier molecular flexibility index (Phi) is 8.16. The summed E-state index contributed by atoms with van der Waals surface area (Å²) in [4.78, 5) is 36.8. The number of hydrogen-bond acceptors (Lipinski definition) is 5. The number of nitrogens with one attached hydrogen (secondary N) is 2. The van der Waals surface area contributed by atoms with Gasteiger partial charge in [-0.2, -0.15) is 0 Å². The summed E-state index contributed by atoms with van der Waals surface area (Å²) in [5.74, 6) is -0.497. The van der Waals surface area contributed by atoms with Gasteiger partial charge in [0.05, 0.1) is 6.42 Å². The van der Waals surface area contributed by atoms with E-state index in [1.165, 1.54) is 18.1 Å². The van der Waals surface area contributed by atoms with E-state index in [2.05, 4.69) is 36.6 Å². The van der Waals surface area contributed by atoms with Gasteiger partial charge in [-0.15, -0.1) is 11.8 Å². The topological polar surface area (TPSA) is 84.5 Å². The molecular weight excluding hydrogens is 364 g/mol. The minimum Gasteiger partial charge on any atom is -0.453 e. The Morgan fingerprint density at radius 3 is 2.56 bits per heavy atom. The van der Waals surface area contributed by atoms with Crippen LogP contribution in [-0.2, 0) is 14.3 Å². The van der Waals surface area contributed by atoms with E-state index >= 15 is 0 Å². The second kappa shape index (κ2) is 10.3. The van der Waals surface area contributed by atoms with Gasteiger partial charge < -0.3 is 10.1 Å². The molecule has 1 aromatic rings. The van der Waals surface area contributed by atoms with E-state index in [1.807, 2.05) is 6.07 Å². The molecule has 3 amide bonds. The summed E-state index contributed by atoms with van der Waals surface area (Å²) < 4.78 is 5.12. The van der Waals surface area contributed by atoms with Crippen LogP contribution in [0.5, 0.6) is 0 Å². The summed E-state index contributed by atoms with van der Waals surface area (Å²) in [6.07, 6.45) is 3.25. The molecule has 6 nitrogen and oxygen atoms in total. The van der Waals surface area contributed by atoms with Crippen molar-refractivity contribution >= 4 is 29.7 Å². The van der Waals surface area contributed by atoms with E-state index in [1.54, 1.807) is 11.8 Å². The minimum absolute atomic E-state index is 0.123. The molecule has 1 atom stereocenters. The highest BCUT2D eigenvalue weighted by molar-refractivity contribution is 7.99. The largest absolute Gasteiger partial charge is 0.453 e. The van der Waals surface area contributed by atoms with Crippen molar-refractivity contribution in [1.29, 1.82) is 0 Å². The molecule has 0 unspecified atom stereocenters. The highest BCUT2D eigenvalue weighted by Crippen LogP contribution is 2.22. The van der Waals surface area contributed by atoms with Gasteiger partial charge in [0.2, 0.25) is 0 Å². The van der Waals surface area contributed by atoms with Gasteiger partial charge >= 0.3 is 12.0 Å². The van der Waals surface area contributed by atoms with Crippen LogP contribution in [-0.4, -0.2) is 35.8 Å². The first kappa shape index (κ1) is 21.3. The second-order valence-electron chi connectivity index (χ2n) is 6.92. The predicted molar refractivity (Wildman–Crippen MR) is 106 cm³/mol. The molecule has 0 heterocycles. The fourth-order valence-corrected chi connectivity index (χ4v) is 3.80. The maximum absolute atomic E-state index is 12.0. The Hall–Kier alpha value is -2.02. The molecule has 2 N–H and O–H groups in total. The van der Waals surface area contributed by atoms with Gasteiger partial charge in [0, 0.05) is 16.7 Å². The number of aryl methyl sites for hydroxylation is 2. The van der Waals surface area contributed by atoms with Crippen molar-refractivity contribution in [2.75, 3.05) is 5.75 Å². The number of carbonyl (C=O) groups excluding carboxylic acids is 3. The molecule has 1 fully saturated rings. The van der Waals surface area contributed by atoms with Crippen LogP contribution < -0.4 is 10.6 Å². The monoisotopic (exact) mass is 392 g/mol. The van der Waals surface area contributed by atoms with Gasteiger partial charge in [0.1, 0.15) is 0 Å². The molecule has 0 spiro atoms. The average molecular weight is 393 g/mol. The van der Waals surface area contributed by atoms with Crippen molar-refractivity contribution in [1.82, 2.24) is 10.6 Å². The zero-order chi connectivity index (χ0) is 19.8. The number of ether oxygens (including phenoxy) is 1. The number of amides is 3. The summed E-state index contributed by atoms with van der Waals surface area (Å²) in [5.41, 5.74) is 2.44. The maximum Gasteiger partial charge on any atom is 0.321 e. The van der Waals surface area contributed by atoms with Crippen LogP contribution in [0.2, 0.25) is 0 Å². The molecule has 7 heteroatoms. The minimum atomic E-state index is -1.00. The maximum atomic E-state index is 12.0. The lowest BCUT2D eigenvalue weighted by molar-refractivity contribution is -0.154. The van der Waals surface area contributed by atoms with Crippen molar-refractivity contribution in [3.8, 4) is 0 Å². The number of esters is 1. The molecule has 0 radical (unpaired) electrons. The third-order valence-corrected chi connectivity index (χ3v) is 5.65. The molecule has 0 aromatic heterocycles. The lowest BCUT2D eigenvalue weighted by atomic mass is 10.1. The van der Waals surface area contributed by atoms with Gasteiger partial charge in [0.25, 0.3) is 5.91 Å². The van der Waals surface area contributed by atoms with Crippen LogP contribution in [0.25, 0.3) is 0 Å².